The molecular weight excluding hydrogens is 407 g/mol. The van der Waals surface area contributed by atoms with Crippen molar-refractivity contribution in [3.8, 4) is 22.6 Å². The molecule has 3 aromatic rings. The van der Waals surface area contributed by atoms with Gasteiger partial charge in [-0.1, -0.05) is 34.8 Å². The van der Waals surface area contributed by atoms with E-state index in [2.05, 4.69) is 30.6 Å². The predicted molar refractivity (Wildman–Crippen MR) is 112 cm³/mol. The Bertz CT molecular complexity index is 942. The molecule has 3 aromatic heterocycles. The lowest BCUT2D eigenvalue weighted by molar-refractivity contribution is 1.07. The van der Waals surface area contributed by atoms with Crippen LogP contribution in [-0.2, 0) is 0 Å². The van der Waals surface area contributed by atoms with Crippen molar-refractivity contribution in [1.29, 1.82) is 0 Å². The quantitative estimate of drug-likeness (QED) is 0.578. The first kappa shape index (κ1) is 19.6. The average molecular weight is 424 g/mol. The molecule has 3 rings (SSSR count). The minimum atomic E-state index is -1.39. The van der Waals surface area contributed by atoms with E-state index in [0.29, 0.717) is 5.82 Å². The number of hydrogen-bond donors (Lipinski definition) is 2. The molecule has 2 N–H and O–H groups in total. The highest BCUT2D eigenvalue weighted by molar-refractivity contribution is 6.67. The van der Waals surface area contributed by atoms with Crippen molar-refractivity contribution in [2.45, 2.75) is 10.7 Å². The molecule has 6 nitrogen and oxygen atoms in total. The second-order valence-electron chi connectivity index (χ2n) is 5.77. The van der Waals surface area contributed by atoms with Gasteiger partial charge >= 0.3 is 0 Å². The molecule has 140 valence electrons. The van der Waals surface area contributed by atoms with Crippen molar-refractivity contribution in [2.24, 2.45) is 0 Å². The van der Waals surface area contributed by atoms with Crippen molar-refractivity contribution in [2.75, 3.05) is 24.2 Å². The third kappa shape index (κ3) is 5.19. The molecule has 0 aliphatic carbocycles. The highest BCUT2D eigenvalue weighted by Crippen LogP contribution is 2.28. The van der Waals surface area contributed by atoms with Gasteiger partial charge in [0.15, 0.2) is 5.82 Å². The number of halogens is 3. The average Bonchev–Trinajstić information content (AvgIpc) is 2.67. The molecule has 27 heavy (non-hydrogen) atoms. The van der Waals surface area contributed by atoms with E-state index in [1.807, 2.05) is 38.2 Å². The highest BCUT2D eigenvalue weighted by atomic mass is 35.6. The largest absolute Gasteiger partial charge is 0.379 e. The van der Waals surface area contributed by atoms with E-state index in [1.165, 1.54) is 0 Å². The minimum absolute atomic E-state index is 0.167. The Labute approximate surface area is 172 Å². The first-order valence-electron chi connectivity index (χ1n) is 8.10. The molecule has 0 spiro atoms. The van der Waals surface area contributed by atoms with Gasteiger partial charge in [-0.25, -0.2) is 15.0 Å². The lowest BCUT2D eigenvalue weighted by atomic mass is 10.1. The molecule has 0 amide bonds. The zero-order valence-corrected chi connectivity index (χ0v) is 16.9. The molecule has 0 unspecified atom stereocenters. The lowest BCUT2D eigenvalue weighted by Crippen LogP contribution is -2.17. The van der Waals surface area contributed by atoms with Crippen molar-refractivity contribution in [3.05, 3.63) is 48.5 Å². The minimum Gasteiger partial charge on any atom is -0.379 e. The molecule has 0 radical (unpaired) electrons. The lowest BCUT2D eigenvalue weighted by Gasteiger charge is -2.14. The fraction of sp³-hybridized carbons (Fsp3) is 0.222. The predicted octanol–water partition coefficient (Wildman–Crippen LogP) is 4.73. The number of anilines is 2. The number of rotatable bonds is 5. The Kier molecular flexibility index (Phi) is 5.99. The van der Waals surface area contributed by atoms with Crippen LogP contribution in [0.15, 0.2) is 42.9 Å². The van der Waals surface area contributed by atoms with Crippen molar-refractivity contribution in [1.82, 2.24) is 19.9 Å². The Morgan fingerprint density at radius 1 is 1.04 bits per heavy atom. The summed E-state index contributed by atoms with van der Waals surface area (Å²) in [6.07, 6.45) is 5.13. The molecular formula is C18H17Cl3N6. The molecule has 0 fully saturated rings. The Morgan fingerprint density at radius 2 is 1.81 bits per heavy atom. The fourth-order valence-electron chi connectivity index (χ4n) is 2.45. The first-order chi connectivity index (χ1) is 12.9. The van der Waals surface area contributed by atoms with Crippen LogP contribution in [0.3, 0.4) is 0 Å². The first-order valence-corrected chi connectivity index (χ1v) is 9.24. The summed E-state index contributed by atoms with van der Waals surface area (Å²) < 4.78 is -1.39. The van der Waals surface area contributed by atoms with E-state index < -0.39 is 3.79 Å². The number of nitrogens with zero attached hydrogens (tertiary/aromatic N) is 4. The summed E-state index contributed by atoms with van der Waals surface area (Å²) in [7, 11) is 1.81. The third-order valence-corrected chi connectivity index (χ3v) is 4.19. The monoisotopic (exact) mass is 422 g/mol. The molecule has 0 aliphatic heterocycles. The maximum absolute atomic E-state index is 5.80. The van der Waals surface area contributed by atoms with Crippen molar-refractivity contribution in [3.63, 3.8) is 0 Å². The van der Waals surface area contributed by atoms with E-state index in [-0.39, 0.29) is 6.54 Å². The van der Waals surface area contributed by atoms with Gasteiger partial charge in [0, 0.05) is 36.3 Å². The van der Waals surface area contributed by atoms with Gasteiger partial charge in [-0.05, 0) is 31.2 Å². The fourth-order valence-corrected chi connectivity index (χ4v) is 2.65. The summed E-state index contributed by atoms with van der Waals surface area (Å²) in [5.41, 5.74) is 4.07. The molecule has 9 heteroatoms. The Morgan fingerprint density at radius 3 is 2.56 bits per heavy atom. The maximum Gasteiger partial charge on any atom is 0.207 e. The van der Waals surface area contributed by atoms with Gasteiger partial charge in [0.25, 0.3) is 0 Å². The summed E-state index contributed by atoms with van der Waals surface area (Å²) in [4.78, 5) is 17.7. The molecule has 0 aliphatic rings. The van der Waals surface area contributed by atoms with Gasteiger partial charge in [0.2, 0.25) is 3.79 Å². The highest BCUT2D eigenvalue weighted by Gasteiger charge is 2.19. The number of hydrogen-bond acceptors (Lipinski definition) is 6. The number of alkyl halides is 3. The van der Waals surface area contributed by atoms with Crippen LogP contribution >= 0.6 is 34.8 Å². The van der Waals surface area contributed by atoms with Gasteiger partial charge in [-0.15, -0.1) is 0 Å². The van der Waals surface area contributed by atoms with Gasteiger partial charge in [0.05, 0.1) is 24.1 Å². The molecule has 3 heterocycles. The Balaban J connectivity index is 1.94. The molecule has 0 saturated heterocycles. The van der Waals surface area contributed by atoms with Gasteiger partial charge in [-0.2, -0.15) is 0 Å². The number of pyridine rings is 2. The van der Waals surface area contributed by atoms with Crippen LogP contribution in [0.5, 0.6) is 0 Å². The second kappa shape index (κ2) is 8.25. The summed E-state index contributed by atoms with van der Waals surface area (Å²) >= 11 is 17.4. The SMILES string of the molecule is CNc1cc(-c2nccc(-c3cc(NCC(Cl)(Cl)Cl)cnc3C)n2)ccn1. The van der Waals surface area contributed by atoms with E-state index in [9.17, 15) is 0 Å². The van der Waals surface area contributed by atoms with Crippen LogP contribution in [0, 0.1) is 6.92 Å². The topological polar surface area (TPSA) is 75.6 Å². The zero-order valence-electron chi connectivity index (χ0n) is 14.7. The van der Waals surface area contributed by atoms with Crippen LogP contribution in [0.25, 0.3) is 22.6 Å². The third-order valence-electron chi connectivity index (χ3n) is 3.79. The van der Waals surface area contributed by atoms with Crippen molar-refractivity contribution >= 4 is 46.3 Å². The van der Waals surface area contributed by atoms with Gasteiger partial charge < -0.3 is 10.6 Å². The summed E-state index contributed by atoms with van der Waals surface area (Å²) in [5, 5.41) is 6.07. The maximum atomic E-state index is 5.80. The van der Waals surface area contributed by atoms with Gasteiger partial charge in [0.1, 0.15) is 5.82 Å². The molecule has 0 saturated carbocycles. The van der Waals surface area contributed by atoms with Crippen LogP contribution in [0.1, 0.15) is 5.69 Å². The van der Waals surface area contributed by atoms with Crippen LogP contribution in [-0.4, -0.2) is 37.3 Å². The van der Waals surface area contributed by atoms with Crippen LogP contribution < -0.4 is 10.6 Å². The smallest absolute Gasteiger partial charge is 0.207 e. The van der Waals surface area contributed by atoms with E-state index in [1.54, 1.807) is 18.6 Å². The Hall–Kier alpha value is -2.15. The van der Waals surface area contributed by atoms with E-state index in [0.717, 1.165) is 34.0 Å². The molecule has 0 aromatic carbocycles. The van der Waals surface area contributed by atoms with Crippen LogP contribution in [0.4, 0.5) is 11.5 Å². The standard InChI is InChI=1S/C18H17Cl3N6/c1-11-14(8-13(9-25-11)26-10-18(19,20)21)15-4-6-24-17(27-15)12-3-5-23-16(7-12)22-2/h3-9,26H,10H2,1-2H3,(H,22,23). The number of aryl methyl sites for hydroxylation is 1. The van der Waals surface area contributed by atoms with Crippen LogP contribution in [0.2, 0.25) is 0 Å². The van der Waals surface area contributed by atoms with Crippen molar-refractivity contribution < 1.29 is 0 Å². The number of nitrogens with one attached hydrogen (secondary N) is 2. The number of aromatic nitrogens is 4. The normalized spacial score (nSPS) is 11.3. The van der Waals surface area contributed by atoms with E-state index in [4.69, 9.17) is 34.8 Å². The second-order valence-corrected chi connectivity index (χ2v) is 8.29. The zero-order chi connectivity index (χ0) is 19.4. The van der Waals surface area contributed by atoms with E-state index >= 15 is 0 Å². The summed E-state index contributed by atoms with van der Waals surface area (Å²) in [5.74, 6) is 1.35. The summed E-state index contributed by atoms with van der Waals surface area (Å²) in [6, 6.07) is 7.52. The molecule has 0 atom stereocenters. The summed E-state index contributed by atoms with van der Waals surface area (Å²) in [6.45, 7) is 2.09. The molecule has 0 bridgehead atoms. The van der Waals surface area contributed by atoms with Gasteiger partial charge in [-0.3, -0.25) is 4.98 Å².